The minimum absolute atomic E-state index is 0.280. The van der Waals surface area contributed by atoms with E-state index in [1.807, 2.05) is 0 Å². The van der Waals surface area contributed by atoms with Gasteiger partial charge in [-0.25, -0.2) is 4.79 Å². The van der Waals surface area contributed by atoms with Gasteiger partial charge < -0.3 is 16.0 Å². The van der Waals surface area contributed by atoms with Gasteiger partial charge >= 0.3 is 6.03 Å². The van der Waals surface area contributed by atoms with Crippen LogP contribution in [-0.2, 0) is 0 Å². The smallest absolute Gasteiger partial charge is 0.319 e. The first-order chi connectivity index (χ1) is 12.6. The van der Waals surface area contributed by atoms with Crippen LogP contribution in [0.2, 0.25) is 5.02 Å². The maximum Gasteiger partial charge on any atom is 0.323 e. The van der Waals surface area contributed by atoms with E-state index in [1.54, 1.807) is 66.7 Å². The standard InChI is InChI=1S/C19H15ClN4O2/c20-13-7-1-2-8-14(13)23-19(26)24-16-10-4-3-9-15(16)22-18(25)17-11-5-6-12-21-17/h1-12H,(H,22,25)(H2,23,24,26). The lowest BCUT2D eigenvalue weighted by Crippen LogP contribution is -2.21. The van der Waals surface area contributed by atoms with Crippen molar-refractivity contribution < 1.29 is 9.59 Å². The Hall–Kier alpha value is -3.38. The summed E-state index contributed by atoms with van der Waals surface area (Å²) in [7, 11) is 0. The van der Waals surface area contributed by atoms with Crippen LogP contribution in [0.3, 0.4) is 0 Å². The SMILES string of the molecule is O=C(Nc1ccccc1Cl)Nc1ccccc1NC(=O)c1ccccn1. The Balaban J connectivity index is 1.72. The third kappa shape index (κ3) is 4.37. The summed E-state index contributed by atoms with van der Waals surface area (Å²) in [6, 6.07) is 18.4. The second-order valence-corrected chi connectivity index (χ2v) is 5.68. The van der Waals surface area contributed by atoms with E-state index in [9.17, 15) is 9.59 Å². The number of carbonyl (C=O) groups excluding carboxylic acids is 2. The number of benzene rings is 2. The molecule has 0 atom stereocenters. The molecule has 0 fully saturated rings. The number of hydrogen-bond donors (Lipinski definition) is 3. The van der Waals surface area contributed by atoms with Crippen LogP contribution in [0.4, 0.5) is 21.9 Å². The van der Waals surface area contributed by atoms with Crippen molar-refractivity contribution in [3.63, 3.8) is 0 Å². The lowest BCUT2D eigenvalue weighted by molar-refractivity contribution is 0.102. The summed E-state index contributed by atoms with van der Waals surface area (Å²) in [5.74, 6) is -0.369. The molecule has 3 aromatic rings. The van der Waals surface area contributed by atoms with Crippen LogP contribution in [-0.4, -0.2) is 16.9 Å². The van der Waals surface area contributed by atoms with E-state index in [-0.39, 0.29) is 11.6 Å². The molecule has 0 aliphatic rings. The molecule has 1 heterocycles. The van der Waals surface area contributed by atoms with Gasteiger partial charge in [-0.1, -0.05) is 41.9 Å². The van der Waals surface area contributed by atoms with Gasteiger partial charge in [0.1, 0.15) is 5.69 Å². The summed E-state index contributed by atoms with van der Waals surface area (Å²) in [6.45, 7) is 0. The third-order valence-electron chi connectivity index (χ3n) is 3.44. The molecule has 0 spiro atoms. The highest BCUT2D eigenvalue weighted by Gasteiger charge is 2.12. The lowest BCUT2D eigenvalue weighted by atomic mass is 10.2. The molecule has 0 bridgehead atoms. The summed E-state index contributed by atoms with van der Waals surface area (Å²) in [5, 5.41) is 8.53. The molecule has 3 N–H and O–H groups in total. The second kappa shape index (κ2) is 8.13. The van der Waals surface area contributed by atoms with Crippen LogP contribution in [0.15, 0.2) is 72.9 Å². The molecular formula is C19H15ClN4O2. The van der Waals surface area contributed by atoms with Crippen LogP contribution in [0, 0.1) is 0 Å². The highest BCUT2D eigenvalue weighted by Crippen LogP contribution is 2.23. The van der Waals surface area contributed by atoms with Gasteiger partial charge in [0.15, 0.2) is 0 Å². The molecule has 7 heteroatoms. The predicted molar refractivity (Wildman–Crippen MR) is 103 cm³/mol. The first kappa shape index (κ1) is 17.4. The van der Waals surface area contributed by atoms with Gasteiger partial charge in [-0.15, -0.1) is 0 Å². The fraction of sp³-hybridized carbons (Fsp3) is 0. The molecule has 0 aliphatic carbocycles. The van der Waals surface area contributed by atoms with E-state index in [1.165, 1.54) is 6.20 Å². The van der Waals surface area contributed by atoms with Crippen molar-refractivity contribution in [2.24, 2.45) is 0 Å². The fourth-order valence-corrected chi connectivity index (χ4v) is 2.41. The normalized spacial score (nSPS) is 10.0. The lowest BCUT2D eigenvalue weighted by Gasteiger charge is -2.13. The first-order valence-electron chi connectivity index (χ1n) is 7.77. The number of aromatic nitrogens is 1. The van der Waals surface area contributed by atoms with Gasteiger partial charge in [0, 0.05) is 6.20 Å². The number of amides is 3. The van der Waals surface area contributed by atoms with E-state index >= 15 is 0 Å². The topological polar surface area (TPSA) is 83.1 Å². The maximum atomic E-state index is 12.3. The molecule has 2 aromatic carbocycles. The zero-order valence-corrected chi connectivity index (χ0v) is 14.3. The Morgan fingerprint density at radius 1 is 0.731 bits per heavy atom. The zero-order valence-electron chi connectivity index (χ0n) is 13.6. The van der Waals surface area contributed by atoms with E-state index in [0.717, 1.165) is 0 Å². The average molecular weight is 367 g/mol. The molecule has 130 valence electrons. The van der Waals surface area contributed by atoms with Crippen molar-refractivity contribution in [1.82, 2.24) is 4.98 Å². The number of carbonyl (C=O) groups is 2. The molecule has 3 amide bonds. The summed E-state index contributed by atoms with van der Waals surface area (Å²) >= 11 is 6.03. The van der Waals surface area contributed by atoms with Gasteiger partial charge in [0.2, 0.25) is 0 Å². The van der Waals surface area contributed by atoms with E-state index in [0.29, 0.717) is 22.1 Å². The maximum absolute atomic E-state index is 12.3. The quantitative estimate of drug-likeness (QED) is 0.629. The van der Waals surface area contributed by atoms with Gasteiger partial charge in [0.05, 0.1) is 22.1 Å². The van der Waals surface area contributed by atoms with Gasteiger partial charge in [-0.05, 0) is 36.4 Å². The van der Waals surface area contributed by atoms with E-state index in [2.05, 4.69) is 20.9 Å². The summed E-state index contributed by atoms with van der Waals surface area (Å²) < 4.78 is 0. The van der Waals surface area contributed by atoms with Crippen LogP contribution in [0.1, 0.15) is 10.5 Å². The van der Waals surface area contributed by atoms with Crippen molar-refractivity contribution in [1.29, 1.82) is 0 Å². The zero-order chi connectivity index (χ0) is 18.4. The Morgan fingerprint density at radius 2 is 1.31 bits per heavy atom. The summed E-state index contributed by atoms with van der Waals surface area (Å²) in [4.78, 5) is 28.5. The molecule has 1 aromatic heterocycles. The number of rotatable bonds is 4. The van der Waals surface area contributed by atoms with E-state index in [4.69, 9.17) is 11.6 Å². The van der Waals surface area contributed by atoms with Crippen molar-refractivity contribution in [2.45, 2.75) is 0 Å². The number of anilines is 3. The fourth-order valence-electron chi connectivity index (χ4n) is 2.22. The van der Waals surface area contributed by atoms with Crippen LogP contribution >= 0.6 is 11.6 Å². The Bertz CT molecular complexity index is 932. The highest BCUT2D eigenvalue weighted by atomic mass is 35.5. The number of para-hydroxylation sites is 3. The third-order valence-corrected chi connectivity index (χ3v) is 3.77. The van der Waals surface area contributed by atoms with Crippen molar-refractivity contribution in [3.8, 4) is 0 Å². The van der Waals surface area contributed by atoms with Gasteiger partial charge in [-0.3, -0.25) is 9.78 Å². The Morgan fingerprint density at radius 3 is 1.96 bits per heavy atom. The number of nitrogens with one attached hydrogen (secondary N) is 3. The van der Waals surface area contributed by atoms with Crippen LogP contribution < -0.4 is 16.0 Å². The number of urea groups is 1. The largest absolute Gasteiger partial charge is 0.323 e. The molecule has 0 saturated carbocycles. The van der Waals surface area contributed by atoms with E-state index < -0.39 is 6.03 Å². The summed E-state index contributed by atoms with van der Waals surface area (Å²) in [6.07, 6.45) is 1.54. The Kier molecular flexibility index (Phi) is 5.46. The van der Waals surface area contributed by atoms with Crippen molar-refractivity contribution in [3.05, 3.63) is 83.6 Å². The number of pyridine rings is 1. The monoisotopic (exact) mass is 366 g/mol. The molecule has 0 aliphatic heterocycles. The van der Waals surface area contributed by atoms with Crippen LogP contribution in [0.5, 0.6) is 0 Å². The number of hydrogen-bond acceptors (Lipinski definition) is 3. The highest BCUT2D eigenvalue weighted by molar-refractivity contribution is 6.33. The molecule has 0 radical (unpaired) electrons. The van der Waals surface area contributed by atoms with Crippen molar-refractivity contribution >= 4 is 40.6 Å². The predicted octanol–water partition coefficient (Wildman–Crippen LogP) is 4.63. The van der Waals surface area contributed by atoms with Gasteiger partial charge in [0.25, 0.3) is 5.91 Å². The molecular weight excluding hydrogens is 352 g/mol. The minimum atomic E-state index is -0.474. The van der Waals surface area contributed by atoms with Crippen molar-refractivity contribution in [2.75, 3.05) is 16.0 Å². The van der Waals surface area contributed by atoms with Gasteiger partial charge in [-0.2, -0.15) is 0 Å². The molecule has 0 unspecified atom stereocenters. The first-order valence-corrected chi connectivity index (χ1v) is 8.15. The average Bonchev–Trinajstić information content (AvgIpc) is 2.66. The minimum Gasteiger partial charge on any atom is -0.319 e. The number of halogens is 1. The molecule has 0 saturated heterocycles. The second-order valence-electron chi connectivity index (χ2n) is 5.27. The molecule has 26 heavy (non-hydrogen) atoms. The number of nitrogens with zero attached hydrogens (tertiary/aromatic N) is 1. The molecule has 3 rings (SSSR count). The molecule has 6 nitrogen and oxygen atoms in total. The van der Waals surface area contributed by atoms with Crippen LogP contribution in [0.25, 0.3) is 0 Å². The summed E-state index contributed by atoms with van der Waals surface area (Å²) in [5.41, 5.74) is 1.67. The Labute approximate surface area is 155 Å².